The van der Waals surface area contributed by atoms with Gasteiger partial charge in [-0.15, -0.1) is 0 Å². The Morgan fingerprint density at radius 2 is 1.62 bits per heavy atom. The van der Waals surface area contributed by atoms with E-state index >= 15 is 0 Å². The normalized spacial score (nSPS) is 31.8. The molecule has 4 aliphatic carbocycles. The third kappa shape index (κ3) is 2.79. The van der Waals surface area contributed by atoms with Crippen molar-refractivity contribution in [2.75, 3.05) is 0 Å². The molecule has 2 heteroatoms. The average molecular weight is 385 g/mol. The number of ketones is 1. The fourth-order valence-electron chi connectivity index (χ4n) is 7.24. The van der Waals surface area contributed by atoms with Crippen molar-refractivity contribution >= 4 is 5.78 Å². The maximum Gasteiger partial charge on any atom is 0.192 e. The molecule has 1 aliphatic heterocycles. The van der Waals surface area contributed by atoms with E-state index in [0.717, 1.165) is 34.6 Å². The van der Waals surface area contributed by atoms with Gasteiger partial charge < -0.3 is 4.74 Å². The van der Waals surface area contributed by atoms with Crippen molar-refractivity contribution in [1.29, 1.82) is 0 Å². The van der Waals surface area contributed by atoms with Crippen molar-refractivity contribution in [3.8, 4) is 5.75 Å². The lowest BCUT2D eigenvalue weighted by Gasteiger charge is -2.57. The maximum atomic E-state index is 13.0. The number of fused-ring (bicyclic) bond motifs is 1. The van der Waals surface area contributed by atoms with Crippen LogP contribution in [0.5, 0.6) is 5.75 Å². The number of hydrogen-bond donors (Lipinski definition) is 0. The van der Waals surface area contributed by atoms with E-state index in [0.29, 0.717) is 11.8 Å². The van der Waals surface area contributed by atoms with E-state index < -0.39 is 0 Å². The van der Waals surface area contributed by atoms with Crippen molar-refractivity contribution in [3.05, 3.63) is 76.6 Å². The number of hydrogen-bond acceptors (Lipinski definition) is 2. The van der Waals surface area contributed by atoms with Crippen molar-refractivity contribution in [1.82, 2.24) is 0 Å². The number of benzene rings is 2. The summed E-state index contributed by atoms with van der Waals surface area (Å²) in [7, 11) is 0. The smallest absolute Gasteiger partial charge is 0.192 e. The Balaban J connectivity index is 1.37. The predicted octanol–water partition coefficient (Wildman–Crippen LogP) is 6.16. The fraction of sp³-hybridized carbons (Fsp3) is 0.444. The molecule has 0 saturated heterocycles. The minimum atomic E-state index is 0.0779. The van der Waals surface area contributed by atoms with E-state index in [4.69, 9.17) is 4.74 Å². The van der Waals surface area contributed by atoms with Gasteiger partial charge in [-0.1, -0.05) is 48.0 Å². The third-order valence-electron chi connectivity index (χ3n) is 7.95. The lowest BCUT2D eigenvalue weighted by Crippen LogP contribution is -2.48. The van der Waals surface area contributed by atoms with E-state index in [2.05, 4.69) is 19.1 Å². The number of allylic oxidation sites excluding steroid dienone is 1. The zero-order valence-corrected chi connectivity index (χ0v) is 17.1. The fourth-order valence-corrected chi connectivity index (χ4v) is 7.24. The molecule has 2 nitrogen and oxygen atoms in total. The van der Waals surface area contributed by atoms with Crippen LogP contribution in [0.15, 0.2) is 54.3 Å². The van der Waals surface area contributed by atoms with Crippen LogP contribution >= 0.6 is 0 Å². The molecule has 0 N–H and O–H groups in total. The molecule has 4 fully saturated rings. The Morgan fingerprint density at radius 1 is 0.966 bits per heavy atom. The second-order valence-electron chi connectivity index (χ2n) is 10.1. The first-order chi connectivity index (χ1) is 14.1. The highest BCUT2D eigenvalue weighted by Crippen LogP contribution is 2.62. The third-order valence-corrected chi connectivity index (χ3v) is 7.95. The van der Waals surface area contributed by atoms with Crippen LogP contribution in [0.4, 0.5) is 0 Å². The monoisotopic (exact) mass is 384 g/mol. The van der Waals surface area contributed by atoms with Crippen LogP contribution in [0.2, 0.25) is 0 Å². The van der Waals surface area contributed by atoms with E-state index in [-0.39, 0.29) is 5.78 Å². The summed E-state index contributed by atoms with van der Waals surface area (Å²) in [6, 6.07) is 14.2. The number of carbonyl (C=O) groups excluding carboxylic acids is 1. The molecule has 1 heterocycles. The first-order valence-corrected chi connectivity index (χ1v) is 11.2. The van der Waals surface area contributed by atoms with Gasteiger partial charge in [-0.25, -0.2) is 0 Å². The lowest BCUT2D eigenvalue weighted by atomic mass is 9.48. The van der Waals surface area contributed by atoms with Crippen LogP contribution in [-0.4, -0.2) is 5.78 Å². The molecular weight excluding hydrogens is 356 g/mol. The Morgan fingerprint density at radius 3 is 2.28 bits per heavy atom. The van der Waals surface area contributed by atoms with Gasteiger partial charge in [0.25, 0.3) is 0 Å². The van der Waals surface area contributed by atoms with Gasteiger partial charge in [0, 0.05) is 23.1 Å². The van der Waals surface area contributed by atoms with Gasteiger partial charge in [0.2, 0.25) is 0 Å². The summed E-state index contributed by atoms with van der Waals surface area (Å²) in [5.41, 5.74) is 5.73. The topological polar surface area (TPSA) is 26.3 Å². The number of rotatable bonds is 3. The summed E-state index contributed by atoms with van der Waals surface area (Å²) >= 11 is 0. The number of carbonyl (C=O) groups is 1. The Labute approximate surface area is 173 Å². The van der Waals surface area contributed by atoms with Gasteiger partial charge in [0.1, 0.15) is 5.75 Å². The molecule has 2 aromatic carbocycles. The van der Waals surface area contributed by atoms with Crippen LogP contribution < -0.4 is 4.74 Å². The first kappa shape index (κ1) is 17.5. The maximum absolute atomic E-state index is 13.0. The van der Waals surface area contributed by atoms with Gasteiger partial charge >= 0.3 is 0 Å². The number of aryl methyl sites for hydroxylation is 1. The summed E-state index contributed by atoms with van der Waals surface area (Å²) < 4.78 is 6.27. The zero-order chi connectivity index (χ0) is 19.6. The Kier molecular flexibility index (Phi) is 3.82. The summed E-state index contributed by atoms with van der Waals surface area (Å²) in [5, 5.41) is 0. The van der Waals surface area contributed by atoms with Crippen molar-refractivity contribution < 1.29 is 9.53 Å². The SMILES string of the molecule is Cc1cc2c(c(C34CC5CC(CC(C5)C3)C4)c1)OC=C(C(=O)c1ccccc1)C2. The molecule has 0 aromatic heterocycles. The summed E-state index contributed by atoms with van der Waals surface area (Å²) in [6.07, 6.45) is 10.7. The molecular formula is C27H28O2. The molecule has 7 rings (SSSR count). The predicted molar refractivity (Wildman–Crippen MR) is 114 cm³/mol. The summed E-state index contributed by atoms with van der Waals surface area (Å²) in [4.78, 5) is 13.0. The second-order valence-corrected chi connectivity index (χ2v) is 10.1. The van der Waals surface area contributed by atoms with Crippen LogP contribution in [0.3, 0.4) is 0 Å². The van der Waals surface area contributed by atoms with Crippen LogP contribution in [0.1, 0.15) is 65.6 Å². The average Bonchev–Trinajstić information content (AvgIpc) is 2.72. The highest BCUT2D eigenvalue weighted by atomic mass is 16.5. The minimum Gasteiger partial charge on any atom is -0.464 e. The molecule has 0 spiro atoms. The molecule has 5 aliphatic rings. The molecule has 4 bridgehead atoms. The van der Waals surface area contributed by atoms with Gasteiger partial charge in [-0.2, -0.15) is 0 Å². The minimum absolute atomic E-state index is 0.0779. The molecule has 0 unspecified atom stereocenters. The lowest BCUT2D eigenvalue weighted by molar-refractivity contribution is -0.00610. The highest BCUT2D eigenvalue weighted by molar-refractivity contribution is 6.09. The number of ether oxygens (including phenoxy) is 1. The second kappa shape index (κ2) is 6.32. The number of Topliss-reactive ketones (excluding diaryl/α,β-unsaturated/α-hetero) is 1. The van der Waals surface area contributed by atoms with Crippen LogP contribution in [-0.2, 0) is 11.8 Å². The van der Waals surface area contributed by atoms with Crippen molar-refractivity contribution in [2.24, 2.45) is 17.8 Å². The Bertz CT molecular complexity index is 979. The zero-order valence-electron chi connectivity index (χ0n) is 17.1. The van der Waals surface area contributed by atoms with E-state index in [1.807, 2.05) is 30.3 Å². The Hall–Kier alpha value is -2.35. The standard InChI is InChI=1S/C27H28O2/c1-17-7-22-12-23(25(28)21-5-3-2-4-6-21)16-29-26(22)24(8-17)27-13-18-9-19(14-27)11-20(10-18)15-27/h2-8,16,18-20H,9-15H2,1H3. The largest absolute Gasteiger partial charge is 0.464 e. The van der Waals surface area contributed by atoms with E-state index in [9.17, 15) is 4.79 Å². The summed E-state index contributed by atoms with van der Waals surface area (Å²) in [5.74, 6) is 3.86. The molecule has 0 radical (unpaired) electrons. The molecule has 2 aromatic rings. The molecule has 0 amide bonds. The van der Waals surface area contributed by atoms with Gasteiger partial charge in [0.15, 0.2) is 5.78 Å². The quantitative estimate of drug-likeness (QED) is 0.592. The first-order valence-electron chi connectivity index (χ1n) is 11.2. The van der Waals surface area contributed by atoms with Crippen molar-refractivity contribution in [3.63, 3.8) is 0 Å². The molecule has 4 saturated carbocycles. The van der Waals surface area contributed by atoms with Crippen LogP contribution in [0, 0.1) is 24.7 Å². The summed E-state index contributed by atoms with van der Waals surface area (Å²) in [6.45, 7) is 2.20. The van der Waals surface area contributed by atoms with Gasteiger partial charge in [-0.3, -0.25) is 4.79 Å². The van der Waals surface area contributed by atoms with Crippen LogP contribution in [0.25, 0.3) is 0 Å². The van der Waals surface area contributed by atoms with E-state index in [1.54, 1.807) is 6.26 Å². The van der Waals surface area contributed by atoms with Gasteiger partial charge in [0.05, 0.1) is 6.26 Å². The van der Waals surface area contributed by atoms with Gasteiger partial charge in [-0.05, 0) is 74.2 Å². The van der Waals surface area contributed by atoms with E-state index in [1.165, 1.54) is 55.2 Å². The molecule has 0 atom stereocenters. The molecule has 148 valence electrons. The molecule has 29 heavy (non-hydrogen) atoms. The van der Waals surface area contributed by atoms with Crippen molar-refractivity contribution in [2.45, 2.75) is 57.3 Å². The highest BCUT2D eigenvalue weighted by Gasteiger charge is 2.52.